The van der Waals surface area contributed by atoms with Crippen LogP contribution >= 0.6 is 11.3 Å². The Bertz CT molecular complexity index is 894. The average molecular weight is 324 g/mol. The Morgan fingerprint density at radius 3 is 2.91 bits per heavy atom. The standard InChI is InChI=1S/C14H8N6O2S/c15-5-9-10(6-16)19-14(18-9)20-12(21)4-8-7-23-13(17-8)11-2-1-3-22-11/h1-3,7H,4H2,(H2,18,19,20,21). The van der Waals surface area contributed by atoms with Gasteiger partial charge in [0.25, 0.3) is 0 Å². The van der Waals surface area contributed by atoms with Crippen LogP contribution in [0.2, 0.25) is 0 Å². The van der Waals surface area contributed by atoms with Gasteiger partial charge >= 0.3 is 0 Å². The first-order valence-corrected chi connectivity index (χ1v) is 7.26. The Labute approximate surface area is 134 Å². The van der Waals surface area contributed by atoms with Crippen molar-refractivity contribution in [3.05, 3.63) is 40.9 Å². The largest absolute Gasteiger partial charge is 0.462 e. The lowest BCUT2D eigenvalue weighted by Crippen LogP contribution is -2.15. The Morgan fingerprint density at radius 2 is 2.26 bits per heavy atom. The number of rotatable bonds is 4. The van der Waals surface area contributed by atoms with E-state index in [1.165, 1.54) is 11.3 Å². The molecule has 0 aliphatic heterocycles. The number of aromatic amines is 1. The van der Waals surface area contributed by atoms with Gasteiger partial charge in [-0.05, 0) is 12.1 Å². The highest BCUT2D eigenvalue weighted by molar-refractivity contribution is 7.13. The molecule has 3 rings (SSSR count). The number of furan rings is 1. The summed E-state index contributed by atoms with van der Waals surface area (Å²) in [6, 6.07) is 7.12. The first-order valence-electron chi connectivity index (χ1n) is 6.38. The van der Waals surface area contributed by atoms with Crippen molar-refractivity contribution in [2.75, 3.05) is 5.32 Å². The van der Waals surface area contributed by atoms with Gasteiger partial charge in [-0.15, -0.1) is 11.3 Å². The third-order valence-corrected chi connectivity index (χ3v) is 3.71. The topological polar surface area (TPSA) is 131 Å². The number of hydrogen-bond acceptors (Lipinski definition) is 7. The highest BCUT2D eigenvalue weighted by atomic mass is 32.1. The van der Waals surface area contributed by atoms with Gasteiger partial charge in [0.2, 0.25) is 11.9 Å². The van der Waals surface area contributed by atoms with E-state index in [9.17, 15) is 4.79 Å². The highest BCUT2D eigenvalue weighted by Gasteiger charge is 2.14. The van der Waals surface area contributed by atoms with Gasteiger partial charge in [0.1, 0.15) is 12.1 Å². The first-order chi connectivity index (χ1) is 11.2. The lowest BCUT2D eigenvalue weighted by Gasteiger charge is -1.99. The number of imidazole rings is 1. The molecule has 3 aromatic heterocycles. The predicted molar refractivity (Wildman–Crippen MR) is 80.2 cm³/mol. The monoisotopic (exact) mass is 324 g/mol. The van der Waals surface area contributed by atoms with Crippen molar-refractivity contribution in [3.8, 4) is 22.9 Å². The van der Waals surface area contributed by atoms with Gasteiger partial charge in [0, 0.05) is 5.38 Å². The fourth-order valence-electron chi connectivity index (χ4n) is 1.84. The Balaban J connectivity index is 1.67. The van der Waals surface area contributed by atoms with Gasteiger partial charge in [-0.2, -0.15) is 10.5 Å². The van der Waals surface area contributed by atoms with Crippen molar-refractivity contribution in [2.45, 2.75) is 6.42 Å². The molecule has 3 aromatic rings. The minimum absolute atomic E-state index is 0.0107. The highest BCUT2D eigenvalue weighted by Crippen LogP contribution is 2.24. The molecule has 0 bridgehead atoms. The molecule has 0 aliphatic carbocycles. The lowest BCUT2D eigenvalue weighted by atomic mass is 10.3. The van der Waals surface area contributed by atoms with E-state index in [1.54, 1.807) is 35.9 Å². The minimum Gasteiger partial charge on any atom is -0.462 e. The molecule has 0 saturated carbocycles. The summed E-state index contributed by atoms with van der Waals surface area (Å²) in [6.07, 6.45) is 1.60. The van der Waals surface area contributed by atoms with E-state index in [2.05, 4.69) is 20.3 Å². The number of carbonyl (C=O) groups is 1. The third kappa shape index (κ3) is 3.10. The van der Waals surface area contributed by atoms with Crippen LogP contribution in [0.5, 0.6) is 0 Å². The summed E-state index contributed by atoms with van der Waals surface area (Å²) >= 11 is 1.37. The van der Waals surface area contributed by atoms with Crippen LogP contribution in [0.4, 0.5) is 5.95 Å². The van der Waals surface area contributed by atoms with Crippen molar-refractivity contribution < 1.29 is 9.21 Å². The van der Waals surface area contributed by atoms with Crippen LogP contribution in [0, 0.1) is 22.7 Å². The zero-order valence-electron chi connectivity index (χ0n) is 11.5. The Hall–Kier alpha value is -3.43. The van der Waals surface area contributed by atoms with Crippen molar-refractivity contribution in [3.63, 3.8) is 0 Å². The number of amides is 1. The number of carbonyl (C=O) groups excluding carboxylic acids is 1. The van der Waals surface area contributed by atoms with E-state index in [0.29, 0.717) is 16.5 Å². The van der Waals surface area contributed by atoms with Gasteiger partial charge in [0.05, 0.1) is 18.4 Å². The van der Waals surface area contributed by atoms with Gasteiger partial charge in [0.15, 0.2) is 22.2 Å². The summed E-state index contributed by atoms with van der Waals surface area (Å²) in [6.45, 7) is 0. The van der Waals surface area contributed by atoms with Crippen LogP contribution in [0.1, 0.15) is 17.1 Å². The zero-order chi connectivity index (χ0) is 16.2. The first kappa shape index (κ1) is 14.5. The molecule has 0 unspecified atom stereocenters. The SMILES string of the molecule is N#Cc1nc(NC(=O)Cc2csc(-c3ccco3)n2)[nH]c1C#N. The van der Waals surface area contributed by atoms with Crippen molar-refractivity contribution in [2.24, 2.45) is 0 Å². The fraction of sp³-hybridized carbons (Fsp3) is 0.0714. The summed E-state index contributed by atoms with van der Waals surface area (Å²) in [7, 11) is 0. The fourth-order valence-corrected chi connectivity index (χ4v) is 2.62. The number of nitrogens with one attached hydrogen (secondary N) is 2. The molecule has 8 nitrogen and oxygen atoms in total. The minimum atomic E-state index is -0.357. The van der Waals surface area contributed by atoms with E-state index >= 15 is 0 Å². The van der Waals surface area contributed by atoms with E-state index in [4.69, 9.17) is 14.9 Å². The second kappa shape index (κ2) is 6.13. The second-order valence-electron chi connectivity index (χ2n) is 4.38. The second-order valence-corrected chi connectivity index (χ2v) is 5.24. The van der Waals surface area contributed by atoms with Crippen LogP contribution in [0.15, 0.2) is 28.2 Å². The molecule has 23 heavy (non-hydrogen) atoms. The molecule has 0 aliphatic rings. The number of thiazole rings is 1. The molecule has 0 radical (unpaired) electrons. The molecule has 0 aromatic carbocycles. The number of nitriles is 2. The van der Waals surface area contributed by atoms with Crippen LogP contribution in [0.3, 0.4) is 0 Å². The van der Waals surface area contributed by atoms with Crippen LogP contribution in [0.25, 0.3) is 10.8 Å². The summed E-state index contributed by atoms with van der Waals surface area (Å²) < 4.78 is 5.25. The molecule has 9 heteroatoms. The summed E-state index contributed by atoms with van der Waals surface area (Å²) in [5.74, 6) is 0.346. The zero-order valence-corrected chi connectivity index (χ0v) is 12.3. The molecule has 0 atom stereocenters. The van der Waals surface area contributed by atoms with Gasteiger partial charge in [-0.3, -0.25) is 10.1 Å². The van der Waals surface area contributed by atoms with Crippen molar-refractivity contribution >= 4 is 23.2 Å². The van der Waals surface area contributed by atoms with E-state index < -0.39 is 0 Å². The maximum atomic E-state index is 12.0. The van der Waals surface area contributed by atoms with E-state index in [-0.39, 0.29) is 29.7 Å². The summed E-state index contributed by atoms with van der Waals surface area (Å²) in [5.41, 5.74) is 0.541. The van der Waals surface area contributed by atoms with Crippen molar-refractivity contribution in [1.29, 1.82) is 10.5 Å². The molecule has 2 N–H and O–H groups in total. The van der Waals surface area contributed by atoms with Crippen LogP contribution in [-0.2, 0) is 11.2 Å². The van der Waals surface area contributed by atoms with E-state index in [1.807, 2.05) is 0 Å². The van der Waals surface area contributed by atoms with Gasteiger partial charge in [-0.1, -0.05) is 0 Å². The molecule has 3 heterocycles. The molecule has 0 fully saturated rings. The summed E-state index contributed by atoms with van der Waals surface area (Å²) in [5, 5.41) is 22.6. The van der Waals surface area contributed by atoms with Crippen LogP contribution < -0.4 is 5.32 Å². The molecule has 1 amide bonds. The maximum absolute atomic E-state index is 12.0. The molecule has 0 saturated heterocycles. The smallest absolute Gasteiger partial charge is 0.232 e. The van der Waals surface area contributed by atoms with E-state index in [0.717, 1.165) is 0 Å². The molecular formula is C14H8N6O2S. The molecular weight excluding hydrogens is 316 g/mol. The predicted octanol–water partition coefficient (Wildman–Crippen LogP) is 2.05. The number of nitrogens with zero attached hydrogens (tertiary/aromatic N) is 4. The number of H-pyrrole nitrogens is 1. The maximum Gasteiger partial charge on any atom is 0.232 e. The summed E-state index contributed by atoms with van der Waals surface area (Å²) in [4.78, 5) is 22.7. The normalized spacial score (nSPS) is 10.0. The van der Waals surface area contributed by atoms with Crippen LogP contribution in [-0.4, -0.2) is 20.9 Å². The van der Waals surface area contributed by atoms with Gasteiger partial charge < -0.3 is 9.40 Å². The van der Waals surface area contributed by atoms with Gasteiger partial charge in [-0.25, -0.2) is 9.97 Å². The van der Waals surface area contributed by atoms with Crippen molar-refractivity contribution in [1.82, 2.24) is 15.0 Å². The average Bonchev–Trinajstić information content (AvgIpc) is 3.26. The molecule has 112 valence electrons. The Kier molecular flexibility index (Phi) is 3.87. The quantitative estimate of drug-likeness (QED) is 0.755. The number of anilines is 1. The lowest BCUT2D eigenvalue weighted by molar-refractivity contribution is -0.115. The third-order valence-electron chi connectivity index (χ3n) is 2.80. The number of aromatic nitrogens is 3. The number of hydrogen-bond donors (Lipinski definition) is 2. The molecule has 0 spiro atoms. The Morgan fingerprint density at radius 1 is 1.39 bits per heavy atom.